The molecule has 0 heterocycles. The third-order valence-electron chi connectivity index (χ3n) is 4.26. The summed E-state index contributed by atoms with van der Waals surface area (Å²) < 4.78 is 27.6. The molecule has 0 unspecified atom stereocenters. The van der Waals surface area contributed by atoms with E-state index in [1.165, 1.54) is 18.2 Å². The highest BCUT2D eigenvalue weighted by molar-refractivity contribution is 7.89. The highest BCUT2D eigenvalue weighted by Gasteiger charge is 2.29. The molecular weight excluding hydrogens is 428 g/mol. The predicted octanol–water partition coefficient (Wildman–Crippen LogP) is 2.17. The van der Waals surface area contributed by atoms with Gasteiger partial charge in [0.25, 0.3) is 11.8 Å². The number of amides is 2. The van der Waals surface area contributed by atoms with E-state index in [1.807, 2.05) is 25.1 Å². The van der Waals surface area contributed by atoms with E-state index in [2.05, 4.69) is 15.6 Å². The summed E-state index contributed by atoms with van der Waals surface area (Å²) in [5, 5.41) is 0.260. The number of carbonyl (C=O) groups excluding carboxylic acids is 2. The van der Waals surface area contributed by atoms with Crippen molar-refractivity contribution in [3.63, 3.8) is 0 Å². The normalized spacial score (nSPS) is 12.3. The van der Waals surface area contributed by atoms with Crippen molar-refractivity contribution in [1.82, 2.24) is 15.6 Å². The van der Waals surface area contributed by atoms with Crippen LogP contribution >= 0.6 is 11.6 Å². The highest BCUT2D eigenvalue weighted by Crippen LogP contribution is 2.17. The molecule has 1 atom stereocenters. The van der Waals surface area contributed by atoms with Gasteiger partial charge in [-0.25, -0.2) is 8.42 Å². The van der Waals surface area contributed by atoms with E-state index in [9.17, 15) is 18.0 Å². The summed E-state index contributed by atoms with van der Waals surface area (Å²) in [5.41, 5.74) is 5.79. The zero-order valence-electron chi connectivity index (χ0n) is 17.1. The van der Waals surface area contributed by atoms with Crippen molar-refractivity contribution >= 4 is 39.1 Å². The molecule has 10 heteroatoms. The average molecular weight is 453 g/mol. The van der Waals surface area contributed by atoms with Gasteiger partial charge in [-0.05, 0) is 42.3 Å². The molecule has 0 aliphatic carbocycles. The van der Waals surface area contributed by atoms with E-state index in [1.54, 1.807) is 38.1 Å². The third kappa shape index (κ3) is 6.19. The van der Waals surface area contributed by atoms with Crippen LogP contribution < -0.4 is 20.5 Å². The Morgan fingerprint density at radius 1 is 1.00 bits per heavy atom. The molecule has 2 aromatic rings. The second-order valence-electron chi connectivity index (χ2n) is 7.19. The molecule has 0 spiro atoms. The monoisotopic (exact) mass is 452 g/mol. The van der Waals surface area contributed by atoms with Crippen LogP contribution in [0.15, 0.2) is 53.4 Å². The minimum Gasteiger partial charge on any atom is -0.378 e. The van der Waals surface area contributed by atoms with Crippen LogP contribution in [0, 0.1) is 5.92 Å². The number of rotatable bonds is 7. The summed E-state index contributed by atoms with van der Waals surface area (Å²) in [6.07, 6.45) is 0. The quantitative estimate of drug-likeness (QED) is 0.558. The zero-order valence-corrected chi connectivity index (χ0v) is 18.7. The minimum absolute atomic E-state index is 0.0574. The van der Waals surface area contributed by atoms with Crippen molar-refractivity contribution in [1.29, 1.82) is 0 Å². The molecule has 0 aliphatic heterocycles. The summed E-state index contributed by atoms with van der Waals surface area (Å²) in [4.78, 5) is 26.7. The number of nitrogens with zero attached hydrogens (tertiary/aromatic N) is 1. The molecule has 3 N–H and O–H groups in total. The number of hydrogen-bond acceptors (Lipinski definition) is 5. The van der Waals surface area contributed by atoms with Gasteiger partial charge in [-0.2, -0.15) is 4.72 Å². The van der Waals surface area contributed by atoms with Crippen molar-refractivity contribution in [2.45, 2.75) is 24.8 Å². The summed E-state index contributed by atoms with van der Waals surface area (Å²) in [5.74, 6) is -1.59. The summed E-state index contributed by atoms with van der Waals surface area (Å²) >= 11 is 5.86. The Kier molecular flexibility index (Phi) is 7.83. The fourth-order valence-electron chi connectivity index (χ4n) is 2.56. The van der Waals surface area contributed by atoms with Gasteiger partial charge >= 0.3 is 0 Å². The van der Waals surface area contributed by atoms with E-state index < -0.39 is 27.9 Å². The van der Waals surface area contributed by atoms with E-state index >= 15 is 0 Å². The van der Waals surface area contributed by atoms with Crippen molar-refractivity contribution in [3.8, 4) is 0 Å². The Balaban J connectivity index is 2.09. The lowest BCUT2D eigenvalue weighted by Gasteiger charge is -2.22. The molecule has 2 rings (SSSR count). The number of sulfonamides is 1. The lowest BCUT2D eigenvalue weighted by Crippen LogP contribution is -2.54. The second kappa shape index (κ2) is 9.92. The molecule has 2 amide bonds. The first kappa shape index (κ1) is 23.7. The number of anilines is 1. The molecule has 30 heavy (non-hydrogen) atoms. The van der Waals surface area contributed by atoms with Gasteiger partial charge in [-0.3, -0.25) is 20.4 Å². The van der Waals surface area contributed by atoms with Gasteiger partial charge in [-0.15, -0.1) is 0 Å². The van der Waals surface area contributed by atoms with Gasteiger partial charge < -0.3 is 4.90 Å². The topological polar surface area (TPSA) is 108 Å². The summed E-state index contributed by atoms with van der Waals surface area (Å²) in [7, 11) is -0.301. The number of hydrazine groups is 1. The van der Waals surface area contributed by atoms with Crippen LogP contribution in [0.4, 0.5) is 5.69 Å². The maximum atomic E-state index is 12.6. The number of halogens is 1. The molecule has 0 saturated carbocycles. The number of carbonyl (C=O) groups is 2. The van der Waals surface area contributed by atoms with Gasteiger partial charge in [0.15, 0.2) is 0 Å². The molecule has 8 nitrogen and oxygen atoms in total. The van der Waals surface area contributed by atoms with Crippen molar-refractivity contribution in [2.75, 3.05) is 19.0 Å². The second-order valence-corrected chi connectivity index (χ2v) is 9.34. The molecule has 2 aromatic carbocycles. The first-order chi connectivity index (χ1) is 14.0. The fourth-order valence-corrected chi connectivity index (χ4v) is 4.20. The Hall–Kier alpha value is -2.62. The van der Waals surface area contributed by atoms with Crippen LogP contribution in [0.3, 0.4) is 0 Å². The summed E-state index contributed by atoms with van der Waals surface area (Å²) in [6.45, 7) is 3.38. The molecule has 0 aliphatic rings. The van der Waals surface area contributed by atoms with Crippen molar-refractivity contribution in [2.24, 2.45) is 5.92 Å². The minimum atomic E-state index is -3.99. The Labute approximate surface area is 181 Å². The molecule has 0 fully saturated rings. The van der Waals surface area contributed by atoms with Gasteiger partial charge in [0, 0.05) is 30.4 Å². The molecule has 0 saturated heterocycles. The average Bonchev–Trinajstić information content (AvgIpc) is 2.69. The van der Waals surface area contributed by atoms with Crippen molar-refractivity contribution < 1.29 is 18.0 Å². The SMILES string of the molecule is CC(C)[C@@H](NS(=O)(=O)c1cccc(Cl)c1)C(=O)NNC(=O)c1cccc(N(C)C)c1. The molecule has 162 valence electrons. The van der Waals surface area contributed by atoms with Crippen molar-refractivity contribution in [3.05, 3.63) is 59.1 Å². The molecule has 0 aromatic heterocycles. The lowest BCUT2D eigenvalue weighted by atomic mass is 10.1. The van der Waals surface area contributed by atoms with E-state index in [0.717, 1.165) is 5.69 Å². The lowest BCUT2D eigenvalue weighted by molar-refractivity contribution is -0.124. The number of benzene rings is 2. The zero-order chi connectivity index (χ0) is 22.5. The van der Waals surface area contributed by atoms with Crippen LogP contribution in [0.1, 0.15) is 24.2 Å². The Morgan fingerprint density at radius 2 is 1.67 bits per heavy atom. The first-order valence-corrected chi connectivity index (χ1v) is 11.0. The van der Waals surface area contributed by atoms with Crippen LogP contribution in [-0.2, 0) is 14.8 Å². The van der Waals surface area contributed by atoms with Crippen LogP contribution in [-0.4, -0.2) is 40.4 Å². The Morgan fingerprint density at radius 3 is 2.27 bits per heavy atom. The first-order valence-electron chi connectivity index (χ1n) is 9.16. The molecular formula is C20H25ClN4O4S. The van der Waals surface area contributed by atoms with Crippen LogP contribution in [0.5, 0.6) is 0 Å². The fraction of sp³-hybridized carbons (Fsp3) is 0.300. The van der Waals surface area contributed by atoms with E-state index in [-0.39, 0.29) is 15.8 Å². The smallest absolute Gasteiger partial charge is 0.269 e. The molecule has 0 radical (unpaired) electrons. The number of nitrogens with one attached hydrogen (secondary N) is 3. The van der Waals surface area contributed by atoms with E-state index in [4.69, 9.17) is 11.6 Å². The maximum Gasteiger partial charge on any atom is 0.269 e. The van der Waals surface area contributed by atoms with E-state index in [0.29, 0.717) is 5.56 Å². The van der Waals surface area contributed by atoms with Gasteiger partial charge in [0.2, 0.25) is 10.0 Å². The van der Waals surface area contributed by atoms with Crippen LogP contribution in [0.2, 0.25) is 5.02 Å². The predicted molar refractivity (Wildman–Crippen MR) is 117 cm³/mol. The van der Waals surface area contributed by atoms with Gasteiger partial charge in [-0.1, -0.05) is 37.6 Å². The largest absolute Gasteiger partial charge is 0.378 e. The van der Waals surface area contributed by atoms with Crippen LogP contribution in [0.25, 0.3) is 0 Å². The molecule has 0 bridgehead atoms. The highest BCUT2D eigenvalue weighted by atomic mass is 35.5. The van der Waals surface area contributed by atoms with Gasteiger partial charge in [0.05, 0.1) is 4.90 Å². The third-order valence-corrected chi connectivity index (χ3v) is 5.94. The Bertz CT molecular complexity index is 1020. The summed E-state index contributed by atoms with van der Waals surface area (Å²) in [6, 6.07) is 11.5. The van der Waals surface area contributed by atoms with Gasteiger partial charge in [0.1, 0.15) is 6.04 Å². The standard InChI is InChI=1S/C20H25ClN4O4S/c1-13(2)18(24-30(28,29)17-10-6-8-15(21)12-17)20(27)23-22-19(26)14-7-5-9-16(11-14)25(3)4/h5-13,18,24H,1-4H3,(H,22,26)(H,23,27)/t18-/m1/s1. The maximum absolute atomic E-state index is 12.6. The number of hydrogen-bond donors (Lipinski definition) is 3.